The molecule has 6 heterocycles. The lowest BCUT2D eigenvalue weighted by Gasteiger charge is -2.57. The number of rotatable bonds is 2. The highest BCUT2D eigenvalue weighted by atomic mass is 15.4. The average Bonchev–Trinajstić information content (AvgIpc) is 2.62. The van der Waals surface area contributed by atoms with E-state index in [4.69, 9.17) is 0 Å². The number of piperazine rings is 1. The van der Waals surface area contributed by atoms with E-state index in [0.29, 0.717) is 12.1 Å². The van der Waals surface area contributed by atoms with Gasteiger partial charge in [-0.2, -0.15) is 0 Å². The van der Waals surface area contributed by atoms with Crippen LogP contribution in [0.5, 0.6) is 0 Å². The summed E-state index contributed by atoms with van der Waals surface area (Å²) < 4.78 is 0. The van der Waals surface area contributed by atoms with Crippen LogP contribution in [0.1, 0.15) is 12.1 Å². The molecule has 2 bridgehead atoms. The Balaban J connectivity index is 1.45. The number of nitrogens with zero attached hydrogens (tertiary/aromatic N) is 7. The number of piperidine rings is 1. The van der Waals surface area contributed by atoms with Crippen molar-refractivity contribution < 1.29 is 0 Å². The van der Waals surface area contributed by atoms with Crippen molar-refractivity contribution in [1.29, 1.82) is 0 Å². The zero-order valence-corrected chi connectivity index (χ0v) is 13.4. The van der Waals surface area contributed by atoms with E-state index < -0.39 is 0 Å². The van der Waals surface area contributed by atoms with Gasteiger partial charge in [0, 0.05) is 31.2 Å². The van der Waals surface area contributed by atoms with Gasteiger partial charge in [0.2, 0.25) is 5.95 Å². The summed E-state index contributed by atoms with van der Waals surface area (Å²) in [6.45, 7) is 3.85. The molecule has 0 N–H and O–H groups in total. The Labute approximate surface area is 139 Å². The first-order valence-corrected chi connectivity index (χ1v) is 8.18. The lowest BCUT2D eigenvalue weighted by Crippen LogP contribution is -2.69. The summed E-state index contributed by atoms with van der Waals surface area (Å²) in [6, 6.07) is 6.79. The maximum absolute atomic E-state index is 4.56. The van der Waals surface area contributed by atoms with Gasteiger partial charge in [-0.1, -0.05) is 0 Å². The van der Waals surface area contributed by atoms with Crippen LogP contribution < -0.4 is 9.80 Å². The van der Waals surface area contributed by atoms with Gasteiger partial charge in [-0.25, -0.2) is 24.9 Å². The van der Waals surface area contributed by atoms with Crippen LogP contribution in [0.2, 0.25) is 0 Å². The molecular weight excluding hydrogens is 302 g/mol. The fourth-order valence-electron chi connectivity index (χ4n) is 3.79. The molecule has 0 aliphatic carbocycles. The summed E-state index contributed by atoms with van der Waals surface area (Å²) in [4.78, 5) is 26.8. The highest BCUT2D eigenvalue weighted by Gasteiger charge is 2.46. The van der Waals surface area contributed by atoms with Crippen molar-refractivity contribution in [2.75, 3.05) is 22.9 Å². The highest BCUT2D eigenvalue weighted by molar-refractivity contribution is 5.87. The van der Waals surface area contributed by atoms with Crippen molar-refractivity contribution in [3.05, 3.63) is 42.6 Å². The topological polar surface area (TPSA) is 70.9 Å². The van der Waals surface area contributed by atoms with E-state index in [9.17, 15) is 0 Å². The molecule has 24 heavy (non-hydrogen) atoms. The minimum Gasteiger partial charge on any atom is -0.346 e. The predicted molar refractivity (Wildman–Crippen MR) is 91.0 cm³/mol. The second kappa shape index (κ2) is 5.09. The fourth-order valence-corrected chi connectivity index (χ4v) is 3.79. The molecule has 7 heteroatoms. The van der Waals surface area contributed by atoms with Crippen molar-refractivity contribution >= 4 is 22.8 Å². The van der Waals surface area contributed by atoms with Gasteiger partial charge in [-0.15, -0.1) is 0 Å². The SMILES string of the molecule is Cc1ccnc(N2CC3CC(C2)N3c2ncnc3ncccc23)n1. The molecule has 0 amide bonds. The molecule has 0 spiro atoms. The van der Waals surface area contributed by atoms with Crippen molar-refractivity contribution in [3.63, 3.8) is 0 Å². The molecule has 2 unspecified atom stereocenters. The maximum Gasteiger partial charge on any atom is 0.225 e. The number of aryl methyl sites for hydroxylation is 1. The third-order valence-corrected chi connectivity index (χ3v) is 4.89. The molecule has 3 fully saturated rings. The first kappa shape index (κ1) is 13.6. The van der Waals surface area contributed by atoms with Gasteiger partial charge in [0.15, 0.2) is 5.65 Å². The van der Waals surface area contributed by atoms with Gasteiger partial charge >= 0.3 is 0 Å². The van der Waals surface area contributed by atoms with E-state index in [0.717, 1.165) is 41.6 Å². The zero-order valence-electron chi connectivity index (χ0n) is 13.4. The Hall–Kier alpha value is -2.83. The summed E-state index contributed by atoms with van der Waals surface area (Å²) in [5, 5.41) is 1.02. The van der Waals surface area contributed by atoms with Crippen LogP contribution in [-0.4, -0.2) is 50.1 Å². The summed E-state index contributed by atoms with van der Waals surface area (Å²) in [5.74, 6) is 1.83. The molecule has 3 aromatic heterocycles. The maximum atomic E-state index is 4.56. The molecule has 0 saturated carbocycles. The Bertz CT molecular complexity index is 895. The number of aromatic nitrogens is 5. The second-order valence-corrected chi connectivity index (χ2v) is 6.43. The zero-order chi connectivity index (χ0) is 16.1. The molecule has 3 aliphatic rings. The molecule has 6 rings (SSSR count). The largest absolute Gasteiger partial charge is 0.346 e. The normalized spacial score (nSPS) is 22.5. The molecular formula is C17H17N7. The van der Waals surface area contributed by atoms with Gasteiger partial charge in [-0.05, 0) is 31.5 Å². The molecule has 2 atom stereocenters. The minimum absolute atomic E-state index is 0.436. The standard InChI is InChI=1S/C17H17N7/c1-11-4-6-19-17(22-11)23-8-12-7-13(9-23)24(12)16-14-3-2-5-18-15(14)20-10-21-16/h2-6,10,12-13H,7-9H2,1H3. The third-order valence-electron chi connectivity index (χ3n) is 4.89. The quantitative estimate of drug-likeness (QED) is 0.710. The van der Waals surface area contributed by atoms with Crippen LogP contribution in [-0.2, 0) is 0 Å². The van der Waals surface area contributed by atoms with Gasteiger partial charge < -0.3 is 9.80 Å². The summed E-state index contributed by atoms with van der Waals surface area (Å²) in [6.07, 6.45) is 6.40. The fraction of sp³-hybridized carbons (Fsp3) is 0.353. The minimum atomic E-state index is 0.436. The Morgan fingerprint density at radius 2 is 1.88 bits per heavy atom. The number of pyridine rings is 1. The number of hydrogen-bond donors (Lipinski definition) is 0. The third kappa shape index (κ3) is 2.01. The molecule has 3 aromatic rings. The predicted octanol–water partition coefficient (Wildman–Crippen LogP) is 1.59. The van der Waals surface area contributed by atoms with Crippen LogP contribution in [0.4, 0.5) is 11.8 Å². The van der Waals surface area contributed by atoms with Crippen LogP contribution >= 0.6 is 0 Å². The van der Waals surface area contributed by atoms with Crippen LogP contribution in [0.15, 0.2) is 36.9 Å². The molecule has 3 saturated heterocycles. The smallest absolute Gasteiger partial charge is 0.225 e. The van der Waals surface area contributed by atoms with E-state index in [1.807, 2.05) is 31.3 Å². The first-order chi connectivity index (χ1) is 11.8. The van der Waals surface area contributed by atoms with Crippen molar-refractivity contribution in [3.8, 4) is 0 Å². The van der Waals surface area contributed by atoms with Gasteiger partial charge in [0.1, 0.15) is 12.1 Å². The van der Waals surface area contributed by atoms with E-state index in [1.165, 1.54) is 6.42 Å². The van der Waals surface area contributed by atoms with E-state index >= 15 is 0 Å². The summed E-state index contributed by atoms with van der Waals surface area (Å²) in [5.41, 5.74) is 1.76. The lowest BCUT2D eigenvalue weighted by atomic mass is 9.87. The lowest BCUT2D eigenvalue weighted by molar-refractivity contribution is 0.287. The van der Waals surface area contributed by atoms with E-state index in [2.05, 4.69) is 34.7 Å². The van der Waals surface area contributed by atoms with Gasteiger partial charge in [-0.3, -0.25) is 0 Å². The van der Waals surface area contributed by atoms with Gasteiger partial charge in [0.05, 0.1) is 17.5 Å². The van der Waals surface area contributed by atoms with Crippen LogP contribution in [0.25, 0.3) is 11.0 Å². The highest BCUT2D eigenvalue weighted by Crippen LogP contribution is 2.39. The Kier molecular flexibility index (Phi) is 2.88. The Morgan fingerprint density at radius 1 is 1.00 bits per heavy atom. The van der Waals surface area contributed by atoms with Crippen molar-refractivity contribution in [1.82, 2.24) is 24.9 Å². The Morgan fingerprint density at radius 3 is 2.71 bits per heavy atom. The van der Waals surface area contributed by atoms with Crippen molar-refractivity contribution in [2.45, 2.75) is 25.4 Å². The van der Waals surface area contributed by atoms with E-state index in [1.54, 1.807) is 12.5 Å². The molecule has 120 valence electrons. The van der Waals surface area contributed by atoms with Crippen LogP contribution in [0.3, 0.4) is 0 Å². The van der Waals surface area contributed by atoms with Crippen molar-refractivity contribution in [2.24, 2.45) is 0 Å². The van der Waals surface area contributed by atoms with Gasteiger partial charge in [0.25, 0.3) is 0 Å². The molecule has 7 nitrogen and oxygen atoms in total. The average molecular weight is 319 g/mol. The summed E-state index contributed by atoms with van der Waals surface area (Å²) in [7, 11) is 0. The number of hydrogen-bond acceptors (Lipinski definition) is 7. The second-order valence-electron chi connectivity index (χ2n) is 6.43. The van der Waals surface area contributed by atoms with Crippen LogP contribution in [0, 0.1) is 6.92 Å². The molecule has 0 radical (unpaired) electrons. The number of fused-ring (bicyclic) bond motifs is 3. The monoisotopic (exact) mass is 319 g/mol. The molecule has 0 aromatic carbocycles. The van der Waals surface area contributed by atoms with E-state index in [-0.39, 0.29) is 0 Å². The first-order valence-electron chi connectivity index (χ1n) is 8.18. The summed E-state index contributed by atoms with van der Waals surface area (Å²) >= 11 is 0. The number of anilines is 2. The molecule has 3 aliphatic heterocycles.